The summed E-state index contributed by atoms with van der Waals surface area (Å²) < 4.78 is 0. The maximum atomic E-state index is 2.51. The standard InChI is InChI=1S/C17H32/c1-15(2)17(13-9-5-6-10-14-17)16-11-7-3-4-8-12-16/h15-16H,3-14H2,1-2H3. The molecule has 0 aromatic rings. The minimum absolute atomic E-state index is 0.723. The minimum Gasteiger partial charge on any atom is -0.0622 e. The first-order valence-electron chi connectivity index (χ1n) is 8.26. The summed E-state index contributed by atoms with van der Waals surface area (Å²) in [5, 5.41) is 0. The maximum Gasteiger partial charge on any atom is -0.0246 e. The Bertz CT molecular complexity index is 200. The smallest absolute Gasteiger partial charge is 0.0246 e. The van der Waals surface area contributed by atoms with Crippen LogP contribution in [0, 0.1) is 17.3 Å². The van der Waals surface area contributed by atoms with Crippen LogP contribution in [0.2, 0.25) is 0 Å². The minimum atomic E-state index is 0.723. The maximum absolute atomic E-state index is 2.51. The normalized spacial score (nSPS) is 27.7. The lowest BCUT2D eigenvalue weighted by molar-refractivity contribution is 0.0563. The molecular weight excluding hydrogens is 204 g/mol. The van der Waals surface area contributed by atoms with Crippen LogP contribution in [-0.2, 0) is 0 Å². The summed E-state index contributed by atoms with van der Waals surface area (Å²) in [6.07, 6.45) is 18.2. The van der Waals surface area contributed by atoms with E-state index in [1.807, 2.05) is 0 Å². The van der Waals surface area contributed by atoms with Gasteiger partial charge in [-0.3, -0.25) is 0 Å². The van der Waals surface area contributed by atoms with E-state index in [4.69, 9.17) is 0 Å². The molecule has 0 radical (unpaired) electrons. The fourth-order valence-corrected chi connectivity index (χ4v) is 4.70. The van der Waals surface area contributed by atoms with Gasteiger partial charge in [0.15, 0.2) is 0 Å². The number of hydrogen-bond donors (Lipinski definition) is 0. The van der Waals surface area contributed by atoms with Gasteiger partial charge in [-0.2, -0.15) is 0 Å². The van der Waals surface area contributed by atoms with Crippen molar-refractivity contribution in [3.63, 3.8) is 0 Å². The van der Waals surface area contributed by atoms with Gasteiger partial charge < -0.3 is 0 Å². The van der Waals surface area contributed by atoms with Crippen molar-refractivity contribution in [2.75, 3.05) is 0 Å². The Labute approximate surface area is 109 Å². The Kier molecular flexibility index (Phi) is 4.94. The second-order valence-corrected chi connectivity index (χ2v) is 6.99. The summed E-state index contributed by atoms with van der Waals surface area (Å²) in [5.41, 5.74) is 0.723. The molecule has 0 saturated heterocycles. The molecule has 0 heterocycles. The summed E-state index contributed by atoms with van der Waals surface area (Å²) in [5.74, 6) is 1.96. The van der Waals surface area contributed by atoms with E-state index in [0.717, 1.165) is 17.3 Å². The highest BCUT2D eigenvalue weighted by molar-refractivity contribution is 4.91. The molecule has 2 aliphatic rings. The molecule has 0 aliphatic heterocycles. The molecular formula is C17H32. The third kappa shape index (κ3) is 3.06. The van der Waals surface area contributed by atoms with E-state index < -0.39 is 0 Å². The Morgan fingerprint density at radius 2 is 1.18 bits per heavy atom. The molecule has 0 atom stereocenters. The summed E-state index contributed by atoms with van der Waals surface area (Å²) in [7, 11) is 0. The van der Waals surface area contributed by atoms with Crippen molar-refractivity contribution in [1.82, 2.24) is 0 Å². The van der Waals surface area contributed by atoms with E-state index in [1.165, 1.54) is 77.0 Å². The summed E-state index contributed by atoms with van der Waals surface area (Å²) >= 11 is 0. The van der Waals surface area contributed by atoms with Crippen molar-refractivity contribution in [1.29, 1.82) is 0 Å². The Morgan fingerprint density at radius 3 is 1.65 bits per heavy atom. The van der Waals surface area contributed by atoms with Gasteiger partial charge in [0.1, 0.15) is 0 Å². The van der Waals surface area contributed by atoms with Gasteiger partial charge in [-0.15, -0.1) is 0 Å². The average molecular weight is 236 g/mol. The van der Waals surface area contributed by atoms with Crippen LogP contribution < -0.4 is 0 Å². The quantitative estimate of drug-likeness (QED) is 0.519. The van der Waals surface area contributed by atoms with Crippen LogP contribution >= 0.6 is 0 Å². The Morgan fingerprint density at radius 1 is 0.706 bits per heavy atom. The molecule has 100 valence electrons. The molecule has 0 heteroatoms. The van der Waals surface area contributed by atoms with E-state index in [9.17, 15) is 0 Å². The van der Waals surface area contributed by atoms with Crippen molar-refractivity contribution in [2.45, 2.75) is 90.9 Å². The van der Waals surface area contributed by atoms with Gasteiger partial charge in [-0.25, -0.2) is 0 Å². The van der Waals surface area contributed by atoms with Crippen LogP contribution in [0.1, 0.15) is 90.9 Å². The molecule has 2 saturated carbocycles. The first-order valence-corrected chi connectivity index (χ1v) is 8.26. The largest absolute Gasteiger partial charge is 0.0622 e. The van der Waals surface area contributed by atoms with Crippen molar-refractivity contribution in [3.8, 4) is 0 Å². The van der Waals surface area contributed by atoms with Crippen LogP contribution in [0.5, 0.6) is 0 Å². The zero-order valence-electron chi connectivity index (χ0n) is 12.1. The van der Waals surface area contributed by atoms with E-state index in [1.54, 1.807) is 0 Å². The van der Waals surface area contributed by atoms with Gasteiger partial charge in [-0.1, -0.05) is 65.2 Å². The van der Waals surface area contributed by atoms with Crippen molar-refractivity contribution >= 4 is 0 Å². The number of rotatable bonds is 2. The van der Waals surface area contributed by atoms with E-state index in [-0.39, 0.29) is 0 Å². The Balaban J connectivity index is 2.12. The Hall–Kier alpha value is 0. The van der Waals surface area contributed by atoms with Crippen molar-refractivity contribution in [2.24, 2.45) is 17.3 Å². The van der Waals surface area contributed by atoms with E-state index in [0.29, 0.717) is 0 Å². The molecule has 0 spiro atoms. The van der Waals surface area contributed by atoms with Gasteiger partial charge in [0.25, 0.3) is 0 Å². The molecule has 0 amide bonds. The van der Waals surface area contributed by atoms with E-state index >= 15 is 0 Å². The molecule has 0 N–H and O–H groups in total. The van der Waals surface area contributed by atoms with Crippen molar-refractivity contribution < 1.29 is 0 Å². The van der Waals surface area contributed by atoms with Gasteiger partial charge >= 0.3 is 0 Å². The summed E-state index contributed by atoms with van der Waals surface area (Å²) in [6.45, 7) is 5.02. The average Bonchev–Trinajstić information content (AvgIpc) is 2.72. The predicted molar refractivity (Wildman–Crippen MR) is 76.2 cm³/mol. The first-order chi connectivity index (χ1) is 8.26. The second kappa shape index (κ2) is 6.25. The highest BCUT2D eigenvalue weighted by atomic mass is 14.5. The van der Waals surface area contributed by atoms with Gasteiger partial charge in [0, 0.05) is 0 Å². The summed E-state index contributed by atoms with van der Waals surface area (Å²) in [4.78, 5) is 0. The number of hydrogen-bond acceptors (Lipinski definition) is 0. The zero-order valence-corrected chi connectivity index (χ0v) is 12.1. The molecule has 17 heavy (non-hydrogen) atoms. The van der Waals surface area contributed by atoms with Crippen LogP contribution in [0.4, 0.5) is 0 Å². The molecule has 2 aliphatic carbocycles. The molecule has 2 rings (SSSR count). The third-order valence-corrected chi connectivity index (χ3v) is 5.85. The summed E-state index contributed by atoms with van der Waals surface area (Å²) in [6, 6.07) is 0. The topological polar surface area (TPSA) is 0 Å². The van der Waals surface area contributed by atoms with Gasteiger partial charge in [0.05, 0.1) is 0 Å². The molecule has 0 nitrogen and oxygen atoms in total. The van der Waals surface area contributed by atoms with Crippen molar-refractivity contribution in [3.05, 3.63) is 0 Å². The molecule has 2 fully saturated rings. The fourth-order valence-electron chi connectivity index (χ4n) is 4.70. The zero-order chi connectivity index (χ0) is 12.1. The lowest BCUT2D eigenvalue weighted by Gasteiger charge is -2.44. The lowest BCUT2D eigenvalue weighted by Crippen LogP contribution is -2.35. The van der Waals surface area contributed by atoms with Crippen LogP contribution in [0.3, 0.4) is 0 Å². The monoisotopic (exact) mass is 236 g/mol. The lowest BCUT2D eigenvalue weighted by atomic mass is 9.61. The van der Waals surface area contributed by atoms with E-state index in [2.05, 4.69) is 13.8 Å². The second-order valence-electron chi connectivity index (χ2n) is 6.99. The van der Waals surface area contributed by atoms with Crippen LogP contribution in [-0.4, -0.2) is 0 Å². The third-order valence-electron chi connectivity index (χ3n) is 5.85. The predicted octanol–water partition coefficient (Wildman–Crippen LogP) is 5.95. The molecule has 0 bridgehead atoms. The molecule has 0 unspecified atom stereocenters. The fraction of sp³-hybridized carbons (Fsp3) is 1.00. The first kappa shape index (κ1) is 13.4. The SMILES string of the molecule is CC(C)C1(C2CCCCCC2)CCCCCC1. The highest BCUT2D eigenvalue weighted by Gasteiger charge is 2.40. The molecule has 0 aromatic heterocycles. The van der Waals surface area contributed by atoms with Gasteiger partial charge in [0.2, 0.25) is 0 Å². The molecule has 0 aromatic carbocycles. The van der Waals surface area contributed by atoms with Gasteiger partial charge in [-0.05, 0) is 42.9 Å². The van der Waals surface area contributed by atoms with Crippen LogP contribution in [0.15, 0.2) is 0 Å². The van der Waals surface area contributed by atoms with Crippen LogP contribution in [0.25, 0.3) is 0 Å². The highest BCUT2D eigenvalue weighted by Crippen LogP contribution is 2.51.